The van der Waals surface area contributed by atoms with Gasteiger partial charge < -0.3 is 39.7 Å². The molecule has 422 valence electrons. The Morgan fingerprint density at radius 3 is 1.10 bits per heavy atom. The molecule has 0 amide bonds. The number of aromatic hydroxyl groups is 2. The highest BCUT2D eigenvalue weighted by molar-refractivity contribution is 5.79. The third kappa shape index (κ3) is 14.4. The number of carbonyl (C=O) groups excluding carboxylic acids is 1. The van der Waals surface area contributed by atoms with Crippen molar-refractivity contribution in [3.63, 3.8) is 0 Å². The number of hydrogen-bond acceptors (Lipinski definition) is 9. The van der Waals surface area contributed by atoms with E-state index < -0.39 is 17.2 Å². The van der Waals surface area contributed by atoms with Gasteiger partial charge in [0.25, 0.3) is 0 Å². The maximum atomic E-state index is 11.9. The summed E-state index contributed by atoms with van der Waals surface area (Å²) < 4.78 is 15.5. The van der Waals surface area contributed by atoms with Gasteiger partial charge in [-0.3, -0.25) is 9.59 Å². The zero-order valence-electron chi connectivity index (χ0n) is 49.1. The lowest BCUT2D eigenvalue weighted by molar-refractivity contribution is -0.140. The van der Waals surface area contributed by atoms with E-state index in [1.807, 2.05) is 82.3 Å². The van der Waals surface area contributed by atoms with Crippen LogP contribution in [0.2, 0.25) is 0 Å². The van der Waals surface area contributed by atoms with Crippen LogP contribution in [0.15, 0.2) is 121 Å². The predicted octanol–water partition coefficient (Wildman–Crippen LogP) is 15.4. The second-order valence-electron chi connectivity index (χ2n) is 20.9. The Morgan fingerprint density at radius 1 is 0.468 bits per heavy atom. The molecular formula is C69H86O10. The van der Waals surface area contributed by atoms with Crippen molar-refractivity contribution in [1.29, 1.82) is 0 Å². The second-order valence-corrected chi connectivity index (χ2v) is 20.9. The van der Waals surface area contributed by atoms with Gasteiger partial charge in [0.1, 0.15) is 0 Å². The van der Waals surface area contributed by atoms with Crippen LogP contribution in [0.1, 0.15) is 162 Å². The van der Waals surface area contributed by atoms with Gasteiger partial charge in [-0.15, -0.1) is 0 Å². The van der Waals surface area contributed by atoms with Crippen LogP contribution in [-0.4, -0.2) is 70.0 Å². The number of esters is 1. The number of carboxylic acid groups (broad SMARTS) is 1. The second kappa shape index (κ2) is 27.6. The van der Waals surface area contributed by atoms with Gasteiger partial charge in [-0.1, -0.05) is 165 Å². The molecule has 0 radical (unpaired) electrons. The molecule has 0 saturated carbocycles. The first kappa shape index (κ1) is 62.7. The minimum absolute atomic E-state index is 0.00560. The lowest BCUT2D eigenvalue weighted by atomic mass is 9.70. The smallest absolute Gasteiger partial charge is 0.309 e. The molecule has 6 aromatic rings. The monoisotopic (exact) mass is 1070 g/mol. The molecule has 0 aliphatic rings. The Kier molecular flexibility index (Phi) is 21.9. The average molecular weight is 1080 g/mol. The minimum atomic E-state index is -0.942. The van der Waals surface area contributed by atoms with Gasteiger partial charge in [0.15, 0.2) is 23.0 Å². The van der Waals surface area contributed by atoms with E-state index in [0.717, 1.165) is 53.5 Å². The maximum absolute atomic E-state index is 11.9. The standard InChI is InChI=1S/C35H44O5.C34H42O5/c1-8-34(38,9-2)19-18-26-12-17-29(20-24(26)5)35(10-3,11-4)28-15-13-27(14-16-28)30-21-25(23-32(36)40-7)22-31(39-6)33(30)37;1-7-33(38,8-2)18-17-25-11-16-28(19-23(25)5)34(9-3,10-4)27-14-12-26(13-15-27)29-20-24(22-31(35)36)21-30(39-6)32(29)37/h12-22,37-38H,8-11,23H2,1-7H3;11-21,37-38H,7-10,22H2,1-6H3,(H,35,36)/b19-18+;18-17+. The lowest BCUT2D eigenvalue weighted by Gasteiger charge is -2.34. The van der Waals surface area contributed by atoms with Gasteiger partial charge >= 0.3 is 11.9 Å². The number of aliphatic hydroxyl groups is 2. The van der Waals surface area contributed by atoms with E-state index in [0.29, 0.717) is 53.7 Å². The fourth-order valence-corrected chi connectivity index (χ4v) is 10.9. The van der Waals surface area contributed by atoms with Gasteiger partial charge in [-0.2, -0.15) is 0 Å². The summed E-state index contributed by atoms with van der Waals surface area (Å²) in [5, 5.41) is 52.3. The van der Waals surface area contributed by atoms with Crippen LogP contribution in [0.3, 0.4) is 0 Å². The van der Waals surface area contributed by atoms with Crippen molar-refractivity contribution >= 4 is 24.1 Å². The summed E-state index contributed by atoms with van der Waals surface area (Å²) in [6.07, 6.45) is 14.2. The van der Waals surface area contributed by atoms with Crippen LogP contribution in [-0.2, 0) is 38.0 Å². The Labute approximate surface area is 470 Å². The molecule has 5 N–H and O–H groups in total. The topological polar surface area (TPSA) is 163 Å². The normalized spacial score (nSPS) is 12.1. The molecule has 10 heteroatoms. The number of methoxy groups -OCH3 is 3. The van der Waals surface area contributed by atoms with E-state index in [1.54, 1.807) is 18.2 Å². The van der Waals surface area contributed by atoms with E-state index in [-0.39, 0.29) is 46.9 Å². The highest BCUT2D eigenvalue weighted by Gasteiger charge is 2.33. The van der Waals surface area contributed by atoms with Crippen LogP contribution < -0.4 is 9.47 Å². The predicted molar refractivity (Wildman–Crippen MR) is 321 cm³/mol. The average Bonchev–Trinajstić information content (AvgIpc) is 3.51. The van der Waals surface area contributed by atoms with Gasteiger partial charge in [0, 0.05) is 22.0 Å². The molecule has 0 bridgehead atoms. The van der Waals surface area contributed by atoms with Crippen LogP contribution in [0.25, 0.3) is 34.4 Å². The summed E-state index contributed by atoms with van der Waals surface area (Å²) in [4.78, 5) is 23.2. The molecule has 0 saturated heterocycles. The van der Waals surface area contributed by atoms with Gasteiger partial charge in [0.2, 0.25) is 0 Å². The van der Waals surface area contributed by atoms with E-state index in [4.69, 9.17) is 14.2 Å². The number of benzene rings is 6. The summed E-state index contributed by atoms with van der Waals surface area (Å²) in [6, 6.07) is 36.4. The highest BCUT2D eigenvalue weighted by atomic mass is 16.5. The zero-order chi connectivity index (χ0) is 58.3. The third-order valence-corrected chi connectivity index (χ3v) is 16.8. The first-order valence-corrected chi connectivity index (χ1v) is 28.0. The molecule has 0 aliphatic heterocycles. The van der Waals surface area contributed by atoms with Crippen molar-refractivity contribution in [2.24, 2.45) is 0 Å². The molecule has 0 fully saturated rings. The zero-order valence-corrected chi connectivity index (χ0v) is 49.1. The molecule has 10 nitrogen and oxygen atoms in total. The number of ether oxygens (including phenoxy) is 3. The van der Waals surface area contributed by atoms with E-state index in [9.17, 15) is 35.1 Å². The number of phenols is 2. The van der Waals surface area contributed by atoms with Crippen LogP contribution in [0.4, 0.5) is 0 Å². The maximum Gasteiger partial charge on any atom is 0.309 e. The third-order valence-electron chi connectivity index (χ3n) is 16.8. The molecule has 0 spiro atoms. The first-order valence-electron chi connectivity index (χ1n) is 28.0. The van der Waals surface area contributed by atoms with Crippen molar-refractivity contribution in [3.8, 4) is 45.3 Å². The first-order chi connectivity index (χ1) is 37.6. The van der Waals surface area contributed by atoms with Gasteiger partial charge in [0.05, 0.1) is 45.4 Å². The summed E-state index contributed by atoms with van der Waals surface area (Å²) >= 11 is 0. The van der Waals surface area contributed by atoms with E-state index >= 15 is 0 Å². The van der Waals surface area contributed by atoms with Crippen LogP contribution in [0.5, 0.6) is 23.0 Å². The molecule has 0 unspecified atom stereocenters. The van der Waals surface area contributed by atoms with Crippen molar-refractivity contribution in [3.05, 3.63) is 177 Å². The summed E-state index contributed by atoms with van der Waals surface area (Å²) in [5.41, 5.74) is 11.5. The molecule has 0 aromatic heterocycles. The lowest BCUT2D eigenvalue weighted by Crippen LogP contribution is -2.26. The number of phenolic OH excluding ortho intramolecular Hbond substituents is 2. The van der Waals surface area contributed by atoms with Crippen molar-refractivity contribution in [1.82, 2.24) is 0 Å². The molecule has 0 aliphatic carbocycles. The van der Waals surface area contributed by atoms with Crippen LogP contribution >= 0.6 is 0 Å². The highest BCUT2D eigenvalue weighted by Crippen LogP contribution is 2.45. The number of aryl methyl sites for hydroxylation is 2. The Morgan fingerprint density at radius 2 is 0.810 bits per heavy atom. The Bertz CT molecular complexity index is 3060. The largest absolute Gasteiger partial charge is 0.504 e. The van der Waals surface area contributed by atoms with Gasteiger partial charge in [-0.25, -0.2) is 0 Å². The quantitative estimate of drug-likeness (QED) is 0.0369. The number of aliphatic carboxylic acids is 1. The van der Waals surface area contributed by atoms with Gasteiger partial charge in [-0.05, 0) is 156 Å². The fourth-order valence-electron chi connectivity index (χ4n) is 10.9. The van der Waals surface area contributed by atoms with Crippen molar-refractivity contribution in [2.45, 2.75) is 155 Å². The molecule has 0 heterocycles. The van der Waals surface area contributed by atoms with Crippen LogP contribution in [0, 0.1) is 13.8 Å². The summed E-state index contributed by atoms with van der Waals surface area (Å²) in [7, 11) is 4.31. The molecular weight excluding hydrogens is 989 g/mol. The Hall–Kier alpha value is -7.14. The number of hydrogen-bond donors (Lipinski definition) is 5. The van der Waals surface area contributed by atoms with Crippen molar-refractivity contribution < 1.29 is 49.3 Å². The molecule has 0 atom stereocenters. The van der Waals surface area contributed by atoms with E-state index in [2.05, 4.69) is 102 Å². The summed E-state index contributed by atoms with van der Waals surface area (Å²) in [5.74, 6) is -0.689. The SMILES string of the molecule is CCC(O)(/C=C/c1ccc(C(CC)(CC)c2ccc(-c3cc(CC(=O)O)cc(OC)c3O)cc2)cc1C)CC.CCC(O)(/C=C/c1ccc(C(CC)(CC)c2ccc(-c3cc(CC(=O)OC)cc(OC)c3O)cc2)cc1C)CC. The number of rotatable bonds is 24. The molecule has 6 rings (SSSR count). The molecule has 6 aromatic carbocycles. The number of carboxylic acids is 1. The van der Waals surface area contributed by atoms with Crippen molar-refractivity contribution in [2.75, 3.05) is 21.3 Å². The minimum Gasteiger partial charge on any atom is -0.504 e. The summed E-state index contributed by atoms with van der Waals surface area (Å²) in [6.45, 7) is 21.1. The molecule has 79 heavy (non-hydrogen) atoms. The Balaban J connectivity index is 0.000000291. The van der Waals surface area contributed by atoms with E-state index in [1.165, 1.54) is 49.1 Å². The number of carbonyl (C=O) groups is 2. The fraction of sp³-hybridized carbons (Fsp3) is 0.391.